The van der Waals surface area contributed by atoms with E-state index in [4.69, 9.17) is 4.74 Å². The maximum Gasteiger partial charge on any atom is 0.0988 e. The Bertz CT molecular complexity index is 391. The summed E-state index contributed by atoms with van der Waals surface area (Å²) in [5, 5.41) is 0. The van der Waals surface area contributed by atoms with Crippen LogP contribution in [0.1, 0.15) is 25.3 Å². The molecule has 2 saturated heterocycles. The normalized spacial score (nSPS) is 38.0. The molecule has 3 atom stereocenters. The topological polar surface area (TPSA) is 12.5 Å². The summed E-state index contributed by atoms with van der Waals surface area (Å²) in [6.45, 7) is 4.51. The highest BCUT2D eigenvalue weighted by molar-refractivity contribution is 5.26. The zero-order valence-electron chi connectivity index (χ0n) is 10.7. The summed E-state index contributed by atoms with van der Waals surface area (Å²) in [7, 11) is 2.22. The smallest absolute Gasteiger partial charge is 0.0988 e. The first kappa shape index (κ1) is 11.2. The Morgan fingerprint density at radius 3 is 2.82 bits per heavy atom. The molecule has 2 nitrogen and oxygen atoms in total. The Morgan fingerprint density at radius 2 is 2.06 bits per heavy atom. The van der Waals surface area contributed by atoms with Gasteiger partial charge in [-0.25, -0.2) is 0 Å². The molecule has 0 N–H and O–H groups in total. The van der Waals surface area contributed by atoms with Crippen molar-refractivity contribution in [2.75, 3.05) is 20.1 Å². The molecule has 0 aromatic heterocycles. The van der Waals surface area contributed by atoms with E-state index < -0.39 is 0 Å². The van der Waals surface area contributed by atoms with E-state index in [1.54, 1.807) is 0 Å². The first-order chi connectivity index (χ1) is 8.21. The predicted octanol–water partition coefficient (Wildman–Crippen LogP) is 2.64. The van der Waals surface area contributed by atoms with Crippen LogP contribution in [0.5, 0.6) is 0 Å². The molecule has 2 aliphatic heterocycles. The van der Waals surface area contributed by atoms with Crippen LogP contribution in [-0.2, 0) is 10.3 Å². The third-order valence-corrected chi connectivity index (χ3v) is 4.35. The molecule has 2 aliphatic rings. The van der Waals surface area contributed by atoms with E-state index in [2.05, 4.69) is 49.2 Å². The standard InChI is InChI=1S/C15H21NO/c1-12-10-14-11-16(2)9-8-15(14,17-12)13-6-4-3-5-7-13/h3-7,12,14H,8-11H2,1-2H3/t12-,14-,15+/m1/s1. The van der Waals surface area contributed by atoms with Crippen LogP contribution in [-0.4, -0.2) is 31.1 Å². The first-order valence-electron chi connectivity index (χ1n) is 6.62. The average Bonchev–Trinajstić information content (AvgIpc) is 2.67. The van der Waals surface area contributed by atoms with Crippen LogP contribution >= 0.6 is 0 Å². The van der Waals surface area contributed by atoms with Crippen LogP contribution in [0, 0.1) is 5.92 Å². The Morgan fingerprint density at radius 1 is 1.29 bits per heavy atom. The second-order valence-electron chi connectivity index (χ2n) is 5.63. The number of hydrogen-bond acceptors (Lipinski definition) is 2. The number of fused-ring (bicyclic) bond motifs is 1. The minimum absolute atomic E-state index is 0.00676. The lowest BCUT2D eigenvalue weighted by Crippen LogP contribution is -2.46. The SMILES string of the molecule is C[C@@H]1C[C@@H]2CN(C)CC[C@@]2(c2ccccc2)O1. The summed E-state index contributed by atoms with van der Waals surface area (Å²) < 4.78 is 6.36. The van der Waals surface area contributed by atoms with Gasteiger partial charge in [-0.15, -0.1) is 0 Å². The molecule has 0 amide bonds. The summed E-state index contributed by atoms with van der Waals surface area (Å²) in [6, 6.07) is 10.8. The molecule has 0 saturated carbocycles. The van der Waals surface area contributed by atoms with Crippen LogP contribution in [0.3, 0.4) is 0 Å². The average molecular weight is 231 g/mol. The first-order valence-corrected chi connectivity index (χ1v) is 6.62. The van der Waals surface area contributed by atoms with E-state index >= 15 is 0 Å². The van der Waals surface area contributed by atoms with Gasteiger partial charge in [-0.2, -0.15) is 0 Å². The zero-order valence-corrected chi connectivity index (χ0v) is 10.7. The van der Waals surface area contributed by atoms with Crippen molar-refractivity contribution in [3.8, 4) is 0 Å². The molecule has 2 fully saturated rings. The van der Waals surface area contributed by atoms with Crippen LogP contribution < -0.4 is 0 Å². The van der Waals surface area contributed by atoms with Gasteiger partial charge in [0, 0.05) is 19.0 Å². The highest BCUT2D eigenvalue weighted by Crippen LogP contribution is 2.48. The van der Waals surface area contributed by atoms with E-state index in [1.807, 2.05) is 0 Å². The summed E-state index contributed by atoms with van der Waals surface area (Å²) >= 11 is 0. The van der Waals surface area contributed by atoms with Crippen molar-refractivity contribution in [2.45, 2.75) is 31.5 Å². The molecular weight excluding hydrogens is 210 g/mol. The van der Waals surface area contributed by atoms with Crippen LogP contribution in [0.25, 0.3) is 0 Å². The minimum atomic E-state index is -0.00676. The number of benzene rings is 1. The van der Waals surface area contributed by atoms with Gasteiger partial charge in [0.2, 0.25) is 0 Å². The fraction of sp³-hybridized carbons (Fsp3) is 0.600. The number of piperidine rings is 1. The molecular formula is C15H21NO. The molecule has 1 aromatic carbocycles. The van der Waals surface area contributed by atoms with Crippen molar-refractivity contribution in [3.05, 3.63) is 35.9 Å². The summed E-state index contributed by atoms with van der Waals surface area (Å²) in [5.41, 5.74) is 1.37. The van der Waals surface area contributed by atoms with Gasteiger partial charge >= 0.3 is 0 Å². The Labute approximate surface area is 104 Å². The van der Waals surface area contributed by atoms with Crippen LogP contribution in [0.2, 0.25) is 0 Å². The number of nitrogens with zero attached hydrogens (tertiary/aromatic N) is 1. The molecule has 0 unspecified atom stereocenters. The van der Waals surface area contributed by atoms with Gasteiger partial charge in [0.25, 0.3) is 0 Å². The second kappa shape index (κ2) is 4.11. The van der Waals surface area contributed by atoms with Gasteiger partial charge < -0.3 is 9.64 Å². The Balaban J connectivity index is 1.98. The molecule has 0 spiro atoms. The van der Waals surface area contributed by atoms with Gasteiger partial charge in [-0.05, 0) is 32.4 Å². The fourth-order valence-electron chi connectivity index (χ4n) is 3.57. The van der Waals surface area contributed by atoms with Crippen LogP contribution in [0.4, 0.5) is 0 Å². The predicted molar refractivity (Wildman–Crippen MR) is 68.9 cm³/mol. The van der Waals surface area contributed by atoms with Gasteiger partial charge in [0.15, 0.2) is 0 Å². The lowest BCUT2D eigenvalue weighted by atomic mass is 9.76. The molecule has 17 heavy (non-hydrogen) atoms. The van der Waals surface area contributed by atoms with Gasteiger partial charge in [0.05, 0.1) is 11.7 Å². The number of rotatable bonds is 1. The molecule has 1 aromatic rings. The highest BCUT2D eigenvalue weighted by Gasteiger charge is 2.50. The Hall–Kier alpha value is -0.860. The van der Waals surface area contributed by atoms with Crippen molar-refractivity contribution in [2.24, 2.45) is 5.92 Å². The van der Waals surface area contributed by atoms with E-state index in [0.717, 1.165) is 13.0 Å². The lowest BCUT2D eigenvalue weighted by Gasteiger charge is -2.42. The zero-order chi connectivity index (χ0) is 11.9. The molecule has 92 valence electrons. The van der Waals surface area contributed by atoms with E-state index in [9.17, 15) is 0 Å². The summed E-state index contributed by atoms with van der Waals surface area (Å²) in [4.78, 5) is 2.44. The van der Waals surface area contributed by atoms with Crippen molar-refractivity contribution in [1.82, 2.24) is 4.90 Å². The largest absolute Gasteiger partial charge is 0.367 e. The Kier molecular flexibility index (Phi) is 2.72. The van der Waals surface area contributed by atoms with Crippen molar-refractivity contribution in [1.29, 1.82) is 0 Å². The number of likely N-dealkylation sites (tertiary alicyclic amines) is 1. The van der Waals surface area contributed by atoms with E-state index in [1.165, 1.54) is 18.5 Å². The molecule has 2 heterocycles. The molecule has 2 heteroatoms. The van der Waals surface area contributed by atoms with Gasteiger partial charge in [0.1, 0.15) is 0 Å². The van der Waals surface area contributed by atoms with Crippen LogP contribution in [0.15, 0.2) is 30.3 Å². The second-order valence-corrected chi connectivity index (χ2v) is 5.63. The third-order valence-electron chi connectivity index (χ3n) is 4.35. The quantitative estimate of drug-likeness (QED) is 0.736. The fourth-order valence-corrected chi connectivity index (χ4v) is 3.57. The van der Waals surface area contributed by atoms with Gasteiger partial charge in [-0.1, -0.05) is 30.3 Å². The summed E-state index contributed by atoms with van der Waals surface area (Å²) in [6.07, 6.45) is 2.72. The molecule has 0 aliphatic carbocycles. The van der Waals surface area contributed by atoms with Crippen molar-refractivity contribution >= 4 is 0 Å². The number of ether oxygens (including phenoxy) is 1. The number of hydrogen-bond donors (Lipinski definition) is 0. The lowest BCUT2D eigenvalue weighted by molar-refractivity contribution is -0.0880. The molecule has 0 radical (unpaired) electrons. The monoisotopic (exact) mass is 231 g/mol. The third kappa shape index (κ3) is 1.80. The maximum absolute atomic E-state index is 6.36. The molecule has 3 rings (SSSR count). The van der Waals surface area contributed by atoms with E-state index in [-0.39, 0.29) is 5.60 Å². The minimum Gasteiger partial charge on any atom is -0.367 e. The van der Waals surface area contributed by atoms with E-state index in [0.29, 0.717) is 12.0 Å². The van der Waals surface area contributed by atoms with Gasteiger partial charge in [-0.3, -0.25) is 0 Å². The van der Waals surface area contributed by atoms with Crippen molar-refractivity contribution < 1.29 is 4.74 Å². The highest BCUT2D eigenvalue weighted by atomic mass is 16.5. The van der Waals surface area contributed by atoms with Crippen molar-refractivity contribution in [3.63, 3.8) is 0 Å². The molecule has 0 bridgehead atoms. The summed E-state index contributed by atoms with van der Waals surface area (Å²) in [5.74, 6) is 0.652. The maximum atomic E-state index is 6.36.